The zero-order valence-electron chi connectivity index (χ0n) is 7.10. The van der Waals surface area contributed by atoms with Crippen LogP contribution in [-0.4, -0.2) is 18.7 Å². The van der Waals surface area contributed by atoms with E-state index in [0.717, 1.165) is 5.56 Å². The maximum Gasteiger partial charge on any atom is 0.247 e. The van der Waals surface area contributed by atoms with Gasteiger partial charge in [-0.15, -0.1) is 0 Å². The van der Waals surface area contributed by atoms with Crippen LogP contribution >= 0.6 is 0 Å². The summed E-state index contributed by atoms with van der Waals surface area (Å²) in [5, 5.41) is 0. The molecule has 1 aromatic carbocycles. The highest BCUT2D eigenvalue weighted by Crippen LogP contribution is 2.49. The first-order valence-electron chi connectivity index (χ1n) is 4.36. The molecule has 0 saturated carbocycles. The van der Waals surface area contributed by atoms with Crippen LogP contribution in [0.25, 0.3) is 0 Å². The zero-order chi connectivity index (χ0) is 8.73. The van der Waals surface area contributed by atoms with Gasteiger partial charge >= 0.3 is 0 Å². The van der Waals surface area contributed by atoms with E-state index in [9.17, 15) is 0 Å². The lowest BCUT2D eigenvalue weighted by atomic mass is 10.2. The van der Waals surface area contributed by atoms with E-state index < -0.39 is 0 Å². The molecule has 1 spiro atoms. The molecule has 2 fully saturated rings. The SMILES string of the molecule is c1ccc(COC2OC23CO3)cc1. The van der Waals surface area contributed by atoms with Gasteiger partial charge in [0.2, 0.25) is 12.1 Å². The largest absolute Gasteiger partial charge is 0.343 e. The summed E-state index contributed by atoms with van der Waals surface area (Å²) in [6.07, 6.45) is -0.132. The van der Waals surface area contributed by atoms with Gasteiger partial charge in [0.15, 0.2) is 0 Å². The molecule has 2 atom stereocenters. The van der Waals surface area contributed by atoms with Crippen molar-refractivity contribution in [3.05, 3.63) is 35.9 Å². The molecule has 68 valence electrons. The van der Waals surface area contributed by atoms with Gasteiger partial charge in [0.25, 0.3) is 0 Å². The Bertz CT molecular complexity index is 305. The Labute approximate surface area is 76.2 Å². The van der Waals surface area contributed by atoms with E-state index in [4.69, 9.17) is 14.2 Å². The monoisotopic (exact) mass is 178 g/mol. The maximum absolute atomic E-state index is 5.47. The molecule has 2 saturated heterocycles. The van der Waals surface area contributed by atoms with Crippen molar-refractivity contribution in [3.63, 3.8) is 0 Å². The van der Waals surface area contributed by atoms with Gasteiger partial charge in [0.05, 0.1) is 6.61 Å². The molecule has 3 heteroatoms. The molecule has 0 aliphatic carbocycles. The van der Waals surface area contributed by atoms with Gasteiger partial charge < -0.3 is 14.2 Å². The Balaban J connectivity index is 1.54. The molecule has 2 aliphatic heterocycles. The van der Waals surface area contributed by atoms with Crippen LogP contribution in [-0.2, 0) is 20.8 Å². The van der Waals surface area contributed by atoms with Crippen LogP contribution in [0.4, 0.5) is 0 Å². The number of benzene rings is 1. The molecule has 0 aromatic heterocycles. The number of hydrogen-bond acceptors (Lipinski definition) is 3. The summed E-state index contributed by atoms with van der Waals surface area (Å²) >= 11 is 0. The van der Waals surface area contributed by atoms with Crippen LogP contribution in [0.3, 0.4) is 0 Å². The summed E-state index contributed by atoms with van der Waals surface area (Å²) < 4.78 is 15.7. The first-order chi connectivity index (χ1) is 6.39. The Morgan fingerprint density at radius 2 is 2.15 bits per heavy atom. The van der Waals surface area contributed by atoms with Gasteiger partial charge in [0.1, 0.15) is 6.61 Å². The smallest absolute Gasteiger partial charge is 0.247 e. The predicted octanol–water partition coefficient (Wildman–Crippen LogP) is 1.29. The van der Waals surface area contributed by atoms with Crippen LogP contribution in [0, 0.1) is 0 Å². The molecular formula is C10H10O3. The fourth-order valence-electron chi connectivity index (χ4n) is 1.33. The maximum atomic E-state index is 5.47. The molecule has 0 radical (unpaired) electrons. The fraction of sp³-hybridized carbons (Fsp3) is 0.400. The number of epoxide rings is 2. The van der Waals surface area contributed by atoms with Crippen molar-refractivity contribution in [1.29, 1.82) is 0 Å². The van der Waals surface area contributed by atoms with E-state index in [-0.39, 0.29) is 12.1 Å². The molecule has 0 bridgehead atoms. The molecule has 13 heavy (non-hydrogen) atoms. The number of hydrogen-bond donors (Lipinski definition) is 0. The van der Waals surface area contributed by atoms with Gasteiger partial charge in [0, 0.05) is 0 Å². The summed E-state index contributed by atoms with van der Waals surface area (Å²) in [7, 11) is 0. The van der Waals surface area contributed by atoms with E-state index in [1.165, 1.54) is 0 Å². The highest BCUT2D eigenvalue weighted by atomic mass is 16.9. The normalized spacial score (nSPS) is 34.9. The second-order valence-electron chi connectivity index (χ2n) is 3.35. The average molecular weight is 178 g/mol. The van der Waals surface area contributed by atoms with E-state index in [1.54, 1.807) is 0 Å². The molecule has 0 N–H and O–H groups in total. The van der Waals surface area contributed by atoms with Gasteiger partial charge in [-0.25, -0.2) is 0 Å². The van der Waals surface area contributed by atoms with Crippen molar-refractivity contribution in [2.75, 3.05) is 6.61 Å². The molecule has 2 unspecified atom stereocenters. The topological polar surface area (TPSA) is 34.3 Å². The molecule has 2 aliphatic rings. The van der Waals surface area contributed by atoms with Gasteiger partial charge in [-0.2, -0.15) is 0 Å². The first kappa shape index (κ1) is 7.50. The van der Waals surface area contributed by atoms with Gasteiger partial charge in [-0.05, 0) is 5.56 Å². The molecule has 2 heterocycles. The van der Waals surface area contributed by atoms with Crippen molar-refractivity contribution in [2.24, 2.45) is 0 Å². The minimum absolute atomic E-state index is 0.132. The molecular weight excluding hydrogens is 168 g/mol. The minimum Gasteiger partial charge on any atom is -0.343 e. The van der Waals surface area contributed by atoms with Crippen molar-refractivity contribution in [1.82, 2.24) is 0 Å². The molecule has 3 nitrogen and oxygen atoms in total. The van der Waals surface area contributed by atoms with Gasteiger partial charge in [-0.1, -0.05) is 30.3 Å². The third kappa shape index (κ3) is 1.35. The third-order valence-electron chi connectivity index (χ3n) is 2.28. The lowest BCUT2D eigenvalue weighted by molar-refractivity contribution is 0.0383. The average Bonchev–Trinajstić information content (AvgIpc) is 3.07. The number of ether oxygens (including phenoxy) is 3. The third-order valence-corrected chi connectivity index (χ3v) is 2.28. The Morgan fingerprint density at radius 3 is 2.77 bits per heavy atom. The Morgan fingerprint density at radius 1 is 1.38 bits per heavy atom. The summed E-state index contributed by atoms with van der Waals surface area (Å²) in [4.78, 5) is 0. The van der Waals surface area contributed by atoms with Crippen LogP contribution in [0.15, 0.2) is 30.3 Å². The fourth-order valence-corrected chi connectivity index (χ4v) is 1.33. The van der Waals surface area contributed by atoms with Crippen molar-refractivity contribution >= 4 is 0 Å². The molecule has 0 amide bonds. The van der Waals surface area contributed by atoms with Crippen LogP contribution in [0.5, 0.6) is 0 Å². The summed E-state index contributed by atoms with van der Waals surface area (Å²) in [6, 6.07) is 10.0. The van der Waals surface area contributed by atoms with Crippen LogP contribution < -0.4 is 0 Å². The quantitative estimate of drug-likeness (QED) is 0.654. The second kappa shape index (κ2) is 2.54. The summed E-state index contributed by atoms with van der Waals surface area (Å²) in [6.45, 7) is 1.28. The summed E-state index contributed by atoms with van der Waals surface area (Å²) in [5.74, 6) is -0.325. The van der Waals surface area contributed by atoms with Crippen LogP contribution in [0.1, 0.15) is 5.56 Å². The standard InChI is InChI=1S/C10H10O3/c1-2-4-8(5-3-1)6-11-9-10(13-9)7-12-10/h1-5,9H,6-7H2. The first-order valence-corrected chi connectivity index (χ1v) is 4.36. The van der Waals surface area contributed by atoms with E-state index in [0.29, 0.717) is 13.2 Å². The zero-order valence-corrected chi connectivity index (χ0v) is 7.10. The van der Waals surface area contributed by atoms with Crippen molar-refractivity contribution in [2.45, 2.75) is 18.7 Å². The highest BCUT2D eigenvalue weighted by molar-refractivity contribution is 5.13. The lowest BCUT2D eigenvalue weighted by Crippen LogP contribution is -2.01. The van der Waals surface area contributed by atoms with E-state index >= 15 is 0 Å². The lowest BCUT2D eigenvalue weighted by Gasteiger charge is -1.98. The predicted molar refractivity (Wildman–Crippen MR) is 44.8 cm³/mol. The van der Waals surface area contributed by atoms with Crippen molar-refractivity contribution < 1.29 is 14.2 Å². The summed E-state index contributed by atoms with van der Waals surface area (Å²) in [5.41, 5.74) is 1.16. The van der Waals surface area contributed by atoms with Crippen LogP contribution in [0.2, 0.25) is 0 Å². The Hall–Kier alpha value is -0.900. The van der Waals surface area contributed by atoms with Crippen molar-refractivity contribution in [3.8, 4) is 0 Å². The second-order valence-corrected chi connectivity index (χ2v) is 3.35. The number of rotatable bonds is 3. The van der Waals surface area contributed by atoms with Gasteiger partial charge in [-0.3, -0.25) is 0 Å². The molecule has 3 rings (SSSR count). The molecule has 1 aromatic rings. The van der Waals surface area contributed by atoms with E-state index in [2.05, 4.69) is 0 Å². The highest BCUT2D eigenvalue weighted by Gasteiger charge is 2.70. The van der Waals surface area contributed by atoms with E-state index in [1.807, 2.05) is 30.3 Å². The minimum atomic E-state index is -0.325. The Kier molecular flexibility index (Phi) is 1.47.